The molecule has 0 aromatic rings. The van der Waals surface area contributed by atoms with Crippen molar-refractivity contribution in [3.8, 4) is 0 Å². The summed E-state index contributed by atoms with van der Waals surface area (Å²) in [5.74, 6) is 0. The summed E-state index contributed by atoms with van der Waals surface area (Å²) in [5.41, 5.74) is 5.37. The minimum absolute atomic E-state index is 0.579. The van der Waals surface area contributed by atoms with Crippen LogP contribution in [0.3, 0.4) is 0 Å². The number of aliphatic hydroxyl groups is 3. The maximum absolute atomic E-state index is 10.3. The van der Waals surface area contributed by atoms with E-state index in [4.69, 9.17) is 20.7 Å². The zero-order valence-electron chi connectivity index (χ0n) is 7.68. The van der Waals surface area contributed by atoms with Gasteiger partial charge in [0.1, 0.15) is 12.2 Å². The van der Waals surface area contributed by atoms with Gasteiger partial charge in [0, 0.05) is 0 Å². The van der Waals surface area contributed by atoms with Crippen molar-refractivity contribution in [2.24, 2.45) is 5.73 Å². The molecule has 1 aliphatic heterocycles. The van der Waals surface area contributed by atoms with Crippen LogP contribution in [-0.4, -0.2) is 63.8 Å². The number of nitrogens with two attached hydrogens (primary N) is 1. The number of carbonyl (C=O) groups is 1. The first-order valence-electron chi connectivity index (χ1n) is 4.25. The van der Waals surface area contributed by atoms with E-state index >= 15 is 0 Å². The zero-order valence-corrected chi connectivity index (χ0v) is 7.68. The van der Waals surface area contributed by atoms with Crippen LogP contribution in [0, 0.1) is 0 Å². The molecule has 0 bridgehead atoms. The average Bonchev–Trinajstić information content (AvgIpc) is 2.18. The number of hydrogen-bond acceptors (Lipinski definition) is 7. The van der Waals surface area contributed by atoms with Crippen LogP contribution in [0.15, 0.2) is 0 Å². The van der Waals surface area contributed by atoms with Gasteiger partial charge in [-0.15, -0.1) is 0 Å². The number of rotatable bonds is 2. The second kappa shape index (κ2) is 4.73. The normalized spacial score (nSPS) is 41.2. The molecule has 0 aliphatic carbocycles. The fourth-order valence-corrected chi connectivity index (χ4v) is 1.37. The van der Waals surface area contributed by atoms with E-state index in [0.717, 1.165) is 0 Å². The van der Waals surface area contributed by atoms with Gasteiger partial charge in [0.15, 0.2) is 12.4 Å². The standard InChI is InChI=1S/C7H13NO7/c8-3-5(15-7(12)13)4(10)2(1-9)14-6(3)11/h2-6,9-11H,1,8H2,(H,12,13)/t2-,3-,4-,5-,6-/m1/s1. The summed E-state index contributed by atoms with van der Waals surface area (Å²) in [6.45, 7) is -0.579. The third-order valence-electron chi connectivity index (χ3n) is 2.16. The Bertz CT molecular complexity index is 235. The van der Waals surface area contributed by atoms with Crippen LogP contribution in [0.5, 0.6) is 0 Å². The highest BCUT2D eigenvalue weighted by atomic mass is 16.7. The van der Waals surface area contributed by atoms with E-state index in [9.17, 15) is 15.0 Å². The molecule has 0 aromatic heterocycles. The molecule has 8 nitrogen and oxygen atoms in total. The van der Waals surface area contributed by atoms with E-state index in [-0.39, 0.29) is 0 Å². The van der Waals surface area contributed by atoms with Gasteiger partial charge < -0.3 is 35.6 Å². The third-order valence-corrected chi connectivity index (χ3v) is 2.16. The van der Waals surface area contributed by atoms with E-state index in [1.807, 2.05) is 0 Å². The third kappa shape index (κ3) is 2.55. The van der Waals surface area contributed by atoms with Crippen LogP contribution in [0.4, 0.5) is 4.79 Å². The van der Waals surface area contributed by atoms with Gasteiger partial charge >= 0.3 is 6.16 Å². The maximum atomic E-state index is 10.3. The van der Waals surface area contributed by atoms with Crippen molar-refractivity contribution in [2.75, 3.05) is 6.61 Å². The van der Waals surface area contributed by atoms with Crippen molar-refractivity contribution in [3.05, 3.63) is 0 Å². The fraction of sp³-hybridized carbons (Fsp3) is 0.857. The van der Waals surface area contributed by atoms with Gasteiger partial charge in [0.05, 0.1) is 12.6 Å². The van der Waals surface area contributed by atoms with Crippen LogP contribution in [0.25, 0.3) is 0 Å². The average molecular weight is 223 g/mol. The number of ether oxygens (including phenoxy) is 2. The molecule has 0 spiro atoms. The highest BCUT2D eigenvalue weighted by molar-refractivity contribution is 5.57. The summed E-state index contributed by atoms with van der Waals surface area (Å²) >= 11 is 0. The molecular formula is C7H13NO7. The lowest BCUT2D eigenvalue weighted by Crippen LogP contribution is -2.63. The molecule has 6 N–H and O–H groups in total. The smallest absolute Gasteiger partial charge is 0.450 e. The first kappa shape index (κ1) is 12.1. The van der Waals surface area contributed by atoms with Gasteiger partial charge in [0.2, 0.25) is 0 Å². The molecule has 5 atom stereocenters. The van der Waals surface area contributed by atoms with Crippen LogP contribution < -0.4 is 5.73 Å². The molecule has 1 heterocycles. The Morgan fingerprint density at radius 1 is 1.47 bits per heavy atom. The van der Waals surface area contributed by atoms with Gasteiger partial charge in [-0.05, 0) is 0 Å². The predicted molar refractivity (Wildman–Crippen MR) is 44.8 cm³/mol. The van der Waals surface area contributed by atoms with Crippen molar-refractivity contribution >= 4 is 6.16 Å². The van der Waals surface area contributed by atoms with Crippen molar-refractivity contribution < 1.29 is 34.7 Å². The van der Waals surface area contributed by atoms with Crippen LogP contribution in [-0.2, 0) is 9.47 Å². The lowest BCUT2D eigenvalue weighted by atomic mass is 9.98. The molecule has 0 aromatic carbocycles. The molecule has 88 valence electrons. The van der Waals surface area contributed by atoms with Crippen LogP contribution in [0.2, 0.25) is 0 Å². The molecule has 1 fully saturated rings. The SMILES string of the molecule is N[C@@H]1[C@@H](OC(=O)O)[C@H](O)[C@@H](CO)O[C@H]1O. The van der Waals surface area contributed by atoms with E-state index in [2.05, 4.69) is 4.74 Å². The summed E-state index contributed by atoms with van der Waals surface area (Å²) in [6.07, 6.45) is -6.98. The summed E-state index contributed by atoms with van der Waals surface area (Å²) < 4.78 is 9.04. The molecule has 1 aliphatic rings. The van der Waals surface area contributed by atoms with Gasteiger partial charge in [-0.1, -0.05) is 0 Å². The molecule has 0 saturated carbocycles. The monoisotopic (exact) mass is 223 g/mol. The maximum Gasteiger partial charge on any atom is 0.506 e. The van der Waals surface area contributed by atoms with Crippen molar-refractivity contribution in [2.45, 2.75) is 30.6 Å². The lowest BCUT2D eigenvalue weighted by molar-refractivity contribution is -0.249. The van der Waals surface area contributed by atoms with Crippen molar-refractivity contribution in [3.63, 3.8) is 0 Å². The predicted octanol–water partition coefficient (Wildman–Crippen LogP) is -2.55. The topological polar surface area (TPSA) is 142 Å². The fourth-order valence-electron chi connectivity index (χ4n) is 1.37. The first-order chi connectivity index (χ1) is 6.97. The second-order valence-electron chi connectivity index (χ2n) is 3.16. The van der Waals surface area contributed by atoms with Crippen molar-refractivity contribution in [1.29, 1.82) is 0 Å². The lowest BCUT2D eigenvalue weighted by Gasteiger charge is -2.39. The summed E-state index contributed by atoms with van der Waals surface area (Å²) in [5, 5.41) is 35.9. The Balaban J connectivity index is 2.74. The Morgan fingerprint density at radius 3 is 2.53 bits per heavy atom. The Hall–Kier alpha value is -0.930. The van der Waals surface area contributed by atoms with Gasteiger partial charge in [-0.2, -0.15) is 0 Å². The molecular weight excluding hydrogens is 210 g/mol. The Kier molecular flexibility index (Phi) is 3.83. The minimum Gasteiger partial charge on any atom is -0.450 e. The van der Waals surface area contributed by atoms with Crippen LogP contribution in [0.1, 0.15) is 0 Å². The minimum atomic E-state index is -1.62. The van der Waals surface area contributed by atoms with E-state index in [1.165, 1.54) is 0 Å². The molecule has 0 amide bonds. The highest BCUT2D eigenvalue weighted by Gasteiger charge is 2.45. The molecule has 0 radical (unpaired) electrons. The van der Waals surface area contributed by atoms with Gasteiger partial charge in [-0.3, -0.25) is 0 Å². The van der Waals surface area contributed by atoms with Gasteiger partial charge in [0.25, 0.3) is 0 Å². The highest BCUT2D eigenvalue weighted by Crippen LogP contribution is 2.20. The second-order valence-corrected chi connectivity index (χ2v) is 3.16. The zero-order chi connectivity index (χ0) is 11.6. The molecule has 1 rings (SSSR count). The number of carboxylic acid groups (broad SMARTS) is 1. The summed E-state index contributed by atoms with van der Waals surface area (Å²) in [7, 11) is 0. The van der Waals surface area contributed by atoms with Crippen LogP contribution >= 0.6 is 0 Å². The Labute approximate surface area is 84.8 Å². The molecule has 15 heavy (non-hydrogen) atoms. The van der Waals surface area contributed by atoms with E-state index in [1.54, 1.807) is 0 Å². The number of aliphatic hydroxyl groups excluding tert-OH is 3. The largest absolute Gasteiger partial charge is 0.506 e. The number of hydrogen-bond donors (Lipinski definition) is 5. The molecule has 8 heteroatoms. The summed E-state index contributed by atoms with van der Waals surface area (Å²) in [6, 6.07) is -1.20. The quantitative estimate of drug-likeness (QED) is 0.322. The van der Waals surface area contributed by atoms with E-state index in [0.29, 0.717) is 0 Å². The van der Waals surface area contributed by atoms with Crippen molar-refractivity contribution in [1.82, 2.24) is 0 Å². The Morgan fingerprint density at radius 2 is 2.07 bits per heavy atom. The van der Waals surface area contributed by atoms with Gasteiger partial charge in [-0.25, -0.2) is 4.79 Å². The summed E-state index contributed by atoms with van der Waals surface area (Å²) in [4.78, 5) is 10.3. The molecule has 1 saturated heterocycles. The first-order valence-corrected chi connectivity index (χ1v) is 4.25. The van der Waals surface area contributed by atoms with E-state index < -0.39 is 43.4 Å². The molecule has 0 unspecified atom stereocenters.